The van der Waals surface area contributed by atoms with Crippen molar-refractivity contribution in [3.8, 4) is 11.5 Å². The van der Waals surface area contributed by atoms with Crippen molar-refractivity contribution in [1.29, 1.82) is 0 Å². The minimum atomic E-state index is -0.893. The van der Waals surface area contributed by atoms with E-state index in [1.54, 1.807) is 43.5 Å². The first kappa shape index (κ1) is 19.4. The molecule has 0 saturated heterocycles. The Labute approximate surface area is 172 Å². The van der Waals surface area contributed by atoms with Crippen LogP contribution in [-0.4, -0.2) is 46.0 Å². The van der Waals surface area contributed by atoms with Gasteiger partial charge in [-0.15, -0.1) is 0 Å². The average Bonchev–Trinajstić information content (AvgIpc) is 3.30. The molecule has 0 saturated carbocycles. The smallest absolute Gasteiger partial charge is 0.296 e. The Morgan fingerprint density at radius 3 is 2.60 bits per heavy atom. The molecule has 2 aromatic heterocycles. The normalized spacial score (nSPS) is 16.4. The average molecular weight is 408 g/mol. The van der Waals surface area contributed by atoms with Crippen molar-refractivity contribution in [3.63, 3.8) is 0 Å². The summed E-state index contributed by atoms with van der Waals surface area (Å²) in [5.41, 5.74) is 1.59. The number of amides is 1. The molecule has 4 rings (SSSR count). The second kappa shape index (κ2) is 7.51. The lowest BCUT2D eigenvalue weighted by Crippen LogP contribution is -2.32. The van der Waals surface area contributed by atoms with Crippen LogP contribution in [0.3, 0.4) is 0 Å². The molecule has 0 bridgehead atoms. The number of imidazole rings is 1. The Hall–Kier alpha value is -3.88. The quantitative estimate of drug-likeness (QED) is 0.644. The van der Waals surface area contributed by atoms with E-state index in [0.717, 1.165) is 0 Å². The highest BCUT2D eigenvalue weighted by Crippen LogP contribution is 2.41. The second-order valence-electron chi connectivity index (χ2n) is 6.66. The standard InChI is InChI=1S/C21H20N4O5/c1-4-14(26)17-18(11-7-5-6-8-22-11)25(20(28)19(17)27)21-23-12-9-15(29-2)16(30-3)10-13(12)24-21/h5-10,18,27H,4H2,1-3H3,(H,23,24). The van der Waals surface area contributed by atoms with E-state index in [9.17, 15) is 14.7 Å². The first-order chi connectivity index (χ1) is 14.5. The number of aromatic nitrogens is 3. The van der Waals surface area contributed by atoms with Crippen LogP contribution in [0, 0.1) is 0 Å². The topological polar surface area (TPSA) is 118 Å². The number of hydrogen-bond acceptors (Lipinski definition) is 7. The van der Waals surface area contributed by atoms with Gasteiger partial charge >= 0.3 is 0 Å². The number of carbonyl (C=O) groups is 2. The van der Waals surface area contributed by atoms with Gasteiger partial charge in [-0.25, -0.2) is 4.98 Å². The fraction of sp³-hybridized carbons (Fsp3) is 0.238. The van der Waals surface area contributed by atoms with E-state index >= 15 is 0 Å². The molecule has 9 heteroatoms. The molecule has 3 heterocycles. The lowest BCUT2D eigenvalue weighted by Gasteiger charge is -2.23. The Morgan fingerprint density at radius 1 is 1.23 bits per heavy atom. The number of anilines is 1. The Morgan fingerprint density at radius 2 is 1.97 bits per heavy atom. The summed E-state index contributed by atoms with van der Waals surface area (Å²) < 4.78 is 10.6. The number of H-pyrrole nitrogens is 1. The monoisotopic (exact) mass is 408 g/mol. The summed E-state index contributed by atoms with van der Waals surface area (Å²) in [5, 5.41) is 10.5. The minimum Gasteiger partial charge on any atom is -0.503 e. The lowest BCUT2D eigenvalue weighted by molar-refractivity contribution is -0.118. The summed E-state index contributed by atoms with van der Waals surface area (Å²) in [5.74, 6) is -0.490. The zero-order chi connectivity index (χ0) is 21.4. The summed E-state index contributed by atoms with van der Waals surface area (Å²) >= 11 is 0. The predicted octanol–water partition coefficient (Wildman–Crippen LogP) is 2.85. The Bertz CT molecular complexity index is 1130. The number of nitrogens with zero attached hydrogens (tertiary/aromatic N) is 3. The maximum Gasteiger partial charge on any atom is 0.296 e. The van der Waals surface area contributed by atoms with Gasteiger partial charge < -0.3 is 19.6 Å². The fourth-order valence-corrected chi connectivity index (χ4v) is 3.55. The Balaban J connectivity index is 1.88. The summed E-state index contributed by atoms with van der Waals surface area (Å²) in [6, 6.07) is 7.66. The van der Waals surface area contributed by atoms with Gasteiger partial charge in [-0.05, 0) is 12.1 Å². The number of ketones is 1. The first-order valence-corrected chi connectivity index (χ1v) is 9.32. The SMILES string of the molecule is CCC(=O)C1=C(O)C(=O)N(c2nc3cc(OC)c(OC)cc3[nH]2)C1c1ccccn1. The number of pyridine rings is 1. The van der Waals surface area contributed by atoms with Crippen LogP contribution in [0.2, 0.25) is 0 Å². The molecule has 154 valence electrons. The number of methoxy groups -OCH3 is 2. The molecule has 30 heavy (non-hydrogen) atoms. The molecule has 1 aliphatic rings. The van der Waals surface area contributed by atoms with E-state index in [0.29, 0.717) is 28.2 Å². The summed E-state index contributed by atoms with van der Waals surface area (Å²) in [6.45, 7) is 1.67. The van der Waals surface area contributed by atoms with E-state index in [-0.39, 0.29) is 23.7 Å². The van der Waals surface area contributed by atoms with Crippen molar-refractivity contribution >= 4 is 28.7 Å². The highest BCUT2D eigenvalue weighted by molar-refractivity contribution is 6.16. The number of carbonyl (C=O) groups excluding carboxylic acids is 2. The zero-order valence-corrected chi connectivity index (χ0v) is 16.7. The number of aliphatic hydroxyl groups is 1. The number of hydrogen-bond donors (Lipinski definition) is 2. The third-order valence-electron chi connectivity index (χ3n) is 5.00. The van der Waals surface area contributed by atoms with Crippen molar-refractivity contribution in [3.05, 3.63) is 53.6 Å². The summed E-state index contributed by atoms with van der Waals surface area (Å²) in [6.07, 6.45) is 1.70. The van der Waals surface area contributed by atoms with Crippen molar-refractivity contribution in [1.82, 2.24) is 15.0 Å². The third-order valence-corrected chi connectivity index (χ3v) is 5.00. The number of aromatic amines is 1. The molecule has 2 N–H and O–H groups in total. The molecule has 0 spiro atoms. The highest BCUT2D eigenvalue weighted by Gasteiger charge is 2.45. The van der Waals surface area contributed by atoms with Crippen LogP contribution in [0.25, 0.3) is 11.0 Å². The number of rotatable bonds is 6. The number of fused-ring (bicyclic) bond motifs is 1. The van der Waals surface area contributed by atoms with Crippen molar-refractivity contribution in [2.24, 2.45) is 0 Å². The molecule has 1 atom stereocenters. The fourth-order valence-electron chi connectivity index (χ4n) is 3.55. The molecule has 1 unspecified atom stereocenters. The summed E-state index contributed by atoms with van der Waals surface area (Å²) in [7, 11) is 3.04. The van der Waals surface area contributed by atoms with E-state index in [1.807, 2.05) is 0 Å². The molecule has 9 nitrogen and oxygen atoms in total. The number of nitrogens with one attached hydrogen (secondary N) is 1. The number of aliphatic hydroxyl groups excluding tert-OH is 1. The van der Waals surface area contributed by atoms with Gasteiger partial charge in [-0.1, -0.05) is 13.0 Å². The lowest BCUT2D eigenvalue weighted by atomic mass is 9.99. The minimum absolute atomic E-state index is 0.0109. The van der Waals surface area contributed by atoms with E-state index < -0.39 is 17.7 Å². The van der Waals surface area contributed by atoms with Gasteiger partial charge in [0.05, 0.1) is 36.5 Å². The Kier molecular flexibility index (Phi) is 4.86. The van der Waals surface area contributed by atoms with Crippen LogP contribution in [0.4, 0.5) is 5.95 Å². The predicted molar refractivity (Wildman–Crippen MR) is 109 cm³/mol. The van der Waals surface area contributed by atoms with Gasteiger partial charge in [-0.2, -0.15) is 0 Å². The number of benzene rings is 1. The molecule has 1 amide bonds. The molecule has 3 aromatic rings. The first-order valence-electron chi connectivity index (χ1n) is 9.32. The number of Topliss-reactive ketones (excluding diaryl/α,β-unsaturated/α-hetero) is 1. The highest BCUT2D eigenvalue weighted by atomic mass is 16.5. The zero-order valence-electron chi connectivity index (χ0n) is 16.7. The van der Waals surface area contributed by atoms with Gasteiger partial charge in [0, 0.05) is 24.8 Å². The maximum absolute atomic E-state index is 13.0. The molecule has 0 radical (unpaired) electrons. The van der Waals surface area contributed by atoms with Crippen LogP contribution >= 0.6 is 0 Å². The molecule has 0 aliphatic carbocycles. The van der Waals surface area contributed by atoms with Gasteiger partial charge in [0.25, 0.3) is 5.91 Å². The molecule has 1 aliphatic heterocycles. The molecular formula is C21H20N4O5. The van der Waals surface area contributed by atoms with Gasteiger partial charge in [0.15, 0.2) is 23.0 Å². The van der Waals surface area contributed by atoms with Gasteiger partial charge in [0.2, 0.25) is 5.95 Å². The van der Waals surface area contributed by atoms with E-state index in [1.165, 1.54) is 19.1 Å². The van der Waals surface area contributed by atoms with Crippen LogP contribution in [0.15, 0.2) is 47.9 Å². The van der Waals surface area contributed by atoms with Crippen molar-refractivity contribution in [2.45, 2.75) is 19.4 Å². The largest absolute Gasteiger partial charge is 0.503 e. The van der Waals surface area contributed by atoms with E-state index in [2.05, 4.69) is 15.0 Å². The molecule has 0 fully saturated rings. The van der Waals surface area contributed by atoms with Gasteiger partial charge in [0.1, 0.15) is 6.04 Å². The van der Waals surface area contributed by atoms with Crippen LogP contribution in [0.5, 0.6) is 11.5 Å². The molecular weight excluding hydrogens is 388 g/mol. The maximum atomic E-state index is 13.0. The van der Waals surface area contributed by atoms with Crippen molar-refractivity contribution in [2.75, 3.05) is 19.1 Å². The number of ether oxygens (including phenoxy) is 2. The van der Waals surface area contributed by atoms with Crippen molar-refractivity contribution < 1.29 is 24.2 Å². The second-order valence-corrected chi connectivity index (χ2v) is 6.66. The van der Waals surface area contributed by atoms with Crippen LogP contribution < -0.4 is 14.4 Å². The van der Waals surface area contributed by atoms with Gasteiger partial charge in [-0.3, -0.25) is 19.5 Å². The van der Waals surface area contributed by atoms with Crippen LogP contribution in [-0.2, 0) is 9.59 Å². The van der Waals surface area contributed by atoms with E-state index in [4.69, 9.17) is 9.47 Å². The summed E-state index contributed by atoms with van der Waals surface area (Å²) in [4.78, 5) is 38.7. The molecule has 1 aromatic carbocycles. The van der Waals surface area contributed by atoms with Crippen LogP contribution in [0.1, 0.15) is 25.1 Å². The third kappa shape index (κ3) is 2.95.